The Morgan fingerprint density at radius 3 is 2.41 bits per heavy atom. The number of carbonyl (C=O) groups is 1. The summed E-state index contributed by atoms with van der Waals surface area (Å²) >= 11 is 5.65. The van der Waals surface area contributed by atoms with Crippen LogP contribution in [0.3, 0.4) is 0 Å². The van der Waals surface area contributed by atoms with Gasteiger partial charge < -0.3 is 5.32 Å². The fraction of sp³-hybridized carbons (Fsp3) is 0.143. The Labute approximate surface area is 133 Å². The van der Waals surface area contributed by atoms with Crippen molar-refractivity contribution < 1.29 is 13.2 Å². The van der Waals surface area contributed by atoms with E-state index in [1.54, 1.807) is 25.1 Å². The molecule has 1 amide bonds. The van der Waals surface area contributed by atoms with Gasteiger partial charge in [0.05, 0.1) is 4.90 Å². The molecule has 1 atom stereocenters. The van der Waals surface area contributed by atoms with Crippen molar-refractivity contribution in [2.75, 3.05) is 10.0 Å². The maximum atomic E-state index is 12.2. The molecule has 116 valence electrons. The number of hydrogen-bond donors (Lipinski definition) is 2. The second kappa shape index (κ2) is 6.76. The van der Waals surface area contributed by atoms with Gasteiger partial charge in [0.1, 0.15) is 11.2 Å². The molecule has 2 N–H and O–H groups in total. The molecule has 6 nitrogen and oxygen atoms in total. The van der Waals surface area contributed by atoms with Gasteiger partial charge in [-0.1, -0.05) is 6.07 Å². The third kappa shape index (κ3) is 4.19. The van der Waals surface area contributed by atoms with Gasteiger partial charge in [-0.3, -0.25) is 9.52 Å². The zero-order valence-corrected chi connectivity index (χ0v) is 13.2. The normalized spacial score (nSPS) is 12.5. The molecular formula is C14H14ClN3O3S. The van der Waals surface area contributed by atoms with E-state index in [4.69, 9.17) is 11.6 Å². The lowest BCUT2D eigenvalue weighted by atomic mass is 10.3. The third-order valence-corrected chi connectivity index (χ3v) is 4.27. The predicted molar refractivity (Wildman–Crippen MR) is 85.4 cm³/mol. The summed E-state index contributed by atoms with van der Waals surface area (Å²) in [6.07, 6.45) is 1.49. The molecular weight excluding hydrogens is 326 g/mol. The van der Waals surface area contributed by atoms with E-state index >= 15 is 0 Å². The minimum absolute atomic E-state index is 0.0649. The van der Waals surface area contributed by atoms with Crippen LogP contribution in [0.4, 0.5) is 11.5 Å². The molecule has 1 aromatic heterocycles. The van der Waals surface area contributed by atoms with Crippen molar-refractivity contribution >= 4 is 39.0 Å². The molecule has 8 heteroatoms. The number of rotatable bonds is 5. The summed E-state index contributed by atoms with van der Waals surface area (Å²) in [6, 6.07) is 10.7. The average Bonchev–Trinajstić information content (AvgIpc) is 2.48. The van der Waals surface area contributed by atoms with Crippen molar-refractivity contribution in [1.29, 1.82) is 0 Å². The molecule has 2 aromatic rings. The number of alkyl halides is 1. The number of anilines is 2. The van der Waals surface area contributed by atoms with Crippen LogP contribution in [0.2, 0.25) is 0 Å². The number of amides is 1. The van der Waals surface area contributed by atoms with E-state index in [0.717, 1.165) is 0 Å². The molecule has 1 aromatic carbocycles. The molecule has 0 spiro atoms. The van der Waals surface area contributed by atoms with E-state index in [0.29, 0.717) is 5.69 Å². The highest BCUT2D eigenvalue weighted by Crippen LogP contribution is 2.17. The van der Waals surface area contributed by atoms with Crippen molar-refractivity contribution in [3.8, 4) is 0 Å². The van der Waals surface area contributed by atoms with Gasteiger partial charge in [0.15, 0.2) is 0 Å². The summed E-state index contributed by atoms with van der Waals surface area (Å²) in [5.74, 6) is -0.125. The zero-order chi connectivity index (χ0) is 16.2. The smallest absolute Gasteiger partial charge is 0.263 e. The minimum atomic E-state index is -3.73. The summed E-state index contributed by atoms with van der Waals surface area (Å²) in [6.45, 7) is 1.55. The Balaban J connectivity index is 2.14. The molecule has 0 fully saturated rings. The SMILES string of the molecule is CC(Cl)C(=O)Nc1ccc(S(=O)(=O)Nc2ccccn2)cc1. The van der Waals surface area contributed by atoms with Crippen LogP contribution >= 0.6 is 11.6 Å². The first-order valence-electron chi connectivity index (χ1n) is 6.37. The summed E-state index contributed by atoms with van der Waals surface area (Å²) in [5.41, 5.74) is 0.467. The largest absolute Gasteiger partial charge is 0.325 e. The van der Waals surface area contributed by atoms with Crippen LogP contribution in [-0.4, -0.2) is 24.7 Å². The van der Waals surface area contributed by atoms with Crippen molar-refractivity contribution in [1.82, 2.24) is 4.98 Å². The molecule has 22 heavy (non-hydrogen) atoms. The molecule has 0 saturated heterocycles. The van der Waals surface area contributed by atoms with E-state index in [2.05, 4.69) is 15.0 Å². The lowest BCUT2D eigenvalue weighted by Crippen LogP contribution is -2.20. The first-order valence-corrected chi connectivity index (χ1v) is 8.29. The summed E-state index contributed by atoms with van der Waals surface area (Å²) in [5, 5.41) is 1.90. The highest BCUT2D eigenvalue weighted by atomic mass is 35.5. The lowest BCUT2D eigenvalue weighted by Gasteiger charge is -2.09. The quantitative estimate of drug-likeness (QED) is 0.819. The third-order valence-electron chi connectivity index (χ3n) is 2.70. The zero-order valence-electron chi connectivity index (χ0n) is 11.7. The van der Waals surface area contributed by atoms with Crippen LogP contribution in [0.1, 0.15) is 6.92 Å². The number of aromatic nitrogens is 1. The van der Waals surface area contributed by atoms with Gasteiger partial charge in [-0.25, -0.2) is 13.4 Å². The summed E-state index contributed by atoms with van der Waals surface area (Å²) in [7, 11) is -3.73. The topological polar surface area (TPSA) is 88.2 Å². The highest BCUT2D eigenvalue weighted by Gasteiger charge is 2.15. The predicted octanol–water partition coefficient (Wildman–Crippen LogP) is 2.45. The Morgan fingerprint density at radius 2 is 1.86 bits per heavy atom. The first-order chi connectivity index (χ1) is 10.4. The Morgan fingerprint density at radius 1 is 1.18 bits per heavy atom. The summed E-state index contributed by atoms with van der Waals surface area (Å²) in [4.78, 5) is 15.4. The molecule has 0 aliphatic rings. The number of halogens is 1. The van der Waals surface area contributed by atoms with Crippen LogP contribution < -0.4 is 10.0 Å². The van der Waals surface area contributed by atoms with Crippen LogP contribution in [0.25, 0.3) is 0 Å². The van der Waals surface area contributed by atoms with Gasteiger partial charge in [-0.15, -0.1) is 11.6 Å². The van der Waals surface area contributed by atoms with Gasteiger partial charge in [0.2, 0.25) is 5.91 Å². The van der Waals surface area contributed by atoms with Gasteiger partial charge >= 0.3 is 0 Å². The number of pyridine rings is 1. The second-order valence-electron chi connectivity index (χ2n) is 4.45. The van der Waals surface area contributed by atoms with E-state index in [-0.39, 0.29) is 16.6 Å². The summed E-state index contributed by atoms with van der Waals surface area (Å²) < 4.78 is 26.7. The van der Waals surface area contributed by atoms with Gasteiger partial charge in [-0.2, -0.15) is 0 Å². The molecule has 1 unspecified atom stereocenters. The fourth-order valence-corrected chi connectivity index (χ4v) is 2.64. The lowest BCUT2D eigenvalue weighted by molar-refractivity contribution is -0.115. The maximum absolute atomic E-state index is 12.2. The number of sulfonamides is 1. The molecule has 0 bridgehead atoms. The van der Waals surface area contributed by atoms with E-state index in [1.165, 1.54) is 30.5 Å². The monoisotopic (exact) mass is 339 g/mol. The van der Waals surface area contributed by atoms with Crippen molar-refractivity contribution in [2.24, 2.45) is 0 Å². The Hall–Kier alpha value is -2.12. The molecule has 1 heterocycles. The number of nitrogens with one attached hydrogen (secondary N) is 2. The van der Waals surface area contributed by atoms with Crippen molar-refractivity contribution in [2.45, 2.75) is 17.2 Å². The Kier molecular flexibility index (Phi) is 4.99. The van der Waals surface area contributed by atoms with Crippen LogP contribution in [0, 0.1) is 0 Å². The number of nitrogens with zero attached hydrogens (tertiary/aromatic N) is 1. The molecule has 0 radical (unpaired) electrons. The fourth-order valence-electron chi connectivity index (χ4n) is 1.58. The maximum Gasteiger partial charge on any atom is 0.263 e. The number of hydrogen-bond acceptors (Lipinski definition) is 4. The average molecular weight is 340 g/mol. The first kappa shape index (κ1) is 16.3. The molecule has 2 rings (SSSR count). The van der Waals surface area contributed by atoms with Crippen LogP contribution in [0.5, 0.6) is 0 Å². The highest BCUT2D eigenvalue weighted by molar-refractivity contribution is 7.92. The van der Waals surface area contributed by atoms with Crippen molar-refractivity contribution in [3.05, 3.63) is 48.7 Å². The number of carbonyl (C=O) groups excluding carboxylic acids is 1. The van der Waals surface area contributed by atoms with E-state index in [1.807, 2.05) is 0 Å². The number of benzene rings is 1. The van der Waals surface area contributed by atoms with Gasteiger partial charge in [-0.05, 0) is 43.3 Å². The Bertz CT molecular complexity index is 747. The molecule has 0 aliphatic carbocycles. The van der Waals surface area contributed by atoms with E-state index < -0.39 is 15.4 Å². The minimum Gasteiger partial charge on any atom is -0.325 e. The van der Waals surface area contributed by atoms with E-state index in [9.17, 15) is 13.2 Å². The second-order valence-corrected chi connectivity index (χ2v) is 6.79. The van der Waals surface area contributed by atoms with Crippen LogP contribution in [0.15, 0.2) is 53.6 Å². The van der Waals surface area contributed by atoms with Gasteiger partial charge in [0.25, 0.3) is 10.0 Å². The van der Waals surface area contributed by atoms with Gasteiger partial charge in [0, 0.05) is 11.9 Å². The molecule has 0 aliphatic heterocycles. The van der Waals surface area contributed by atoms with Crippen LogP contribution in [-0.2, 0) is 14.8 Å². The molecule has 0 saturated carbocycles. The standard InChI is InChI=1S/C14H14ClN3O3S/c1-10(15)14(19)17-11-5-7-12(8-6-11)22(20,21)18-13-4-2-3-9-16-13/h2-10H,1H3,(H,16,18)(H,17,19). The van der Waals surface area contributed by atoms with Crippen molar-refractivity contribution in [3.63, 3.8) is 0 Å².